The summed E-state index contributed by atoms with van der Waals surface area (Å²) >= 11 is 0. The quantitative estimate of drug-likeness (QED) is 0.639. The monoisotopic (exact) mass is 354 g/mol. The highest BCUT2D eigenvalue weighted by molar-refractivity contribution is 5.90. The zero-order chi connectivity index (χ0) is 18.9. The predicted octanol–water partition coefficient (Wildman–Crippen LogP) is 3.09. The van der Waals surface area contributed by atoms with Crippen LogP contribution in [-0.2, 0) is 16.1 Å². The summed E-state index contributed by atoms with van der Waals surface area (Å²) in [6.45, 7) is 6.06. The first kappa shape index (κ1) is 19.1. The first-order valence-electron chi connectivity index (χ1n) is 8.32. The Kier molecular flexibility index (Phi) is 6.86. The number of hydrogen-bond donors (Lipinski definition) is 2. The lowest BCUT2D eigenvalue weighted by Gasteiger charge is -2.04. The SMILES string of the molecule is CCOC(=O)c1[nH]c(C)c(C#CCNC(=O)OCc2ccccc2)c1C. The number of carbonyl (C=O) groups excluding carboxylic acids is 2. The second-order valence-corrected chi connectivity index (χ2v) is 5.56. The lowest BCUT2D eigenvalue weighted by atomic mass is 10.1. The summed E-state index contributed by atoms with van der Waals surface area (Å²) < 4.78 is 10.1. The highest BCUT2D eigenvalue weighted by Gasteiger charge is 2.17. The highest BCUT2D eigenvalue weighted by atomic mass is 16.5. The van der Waals surface area contributed by atoms with Gasteiger partial charge in [-0.3, -0.25) is 0 Å². The fourth-order valence-electron chi connectivity index (χ4n) is 2.37. The predicted molar refractivity (Wildman–Crippen MR) is 97.7 cm³/mol. The summed E-state index contributed by atoms with van der Waals surface area (Å²) in [4.78, 5) is 26.5. The second-order valence-electron chi connectivity index (χ2n) is 5.56. The lowest BCUT2D eigenvalue weighted by molar-refractivity contribution is 0.0519. The number of H-pyrrole nitrogens is 1. The van der Waals surface area contributed by atoms with Crippen molar-refractivity contribution in [1.82, 2.24) is 10.3 Å². The third-order valence-electron chi connectivity index (χ3n) is 3.66. The van der Waals surface area contributed by atoms with Gasteiger partial charge in [-0.25, -0.2) is 9.59 Å². The maximum atomic E-state index is 11.9. The van der Waals surface area contributed by atoms with Crippen LogP contribution in [0.1, 0.15) is 39.8 Å². The number of carbonyl (C=O) groups is 2. The van der Waals surface area contributed by atoms with Crippen LogP contribution in [0.4, 0.5) is 4.79 Å². The number of rotatable bonds is 5. The van der Waals surface area contributed by atoms with Crippen molar-refractivity contribution in [3.63, 3.8) is 0 Å². The summed E-state index contributed by atoms with van der Waals surface area (Å²) in [5.41, 5.74) is 3.57. The van der Waals surface area contributed by atoms with Gasteiger partial charge in [0.1, 0.15) is 12.3 Å². The molecule has 6 nitrogen and oxygen atoms in total. The molecule has 136 valence electrons. The van der Waals surface area contributed by atoms with Crippen LogP contribution in [0.2, 0.25) is 0 Å². The van der Waals surface area contributed by atoms with Gasteiger partial charge in [-0.1, -0.05) is 42.2 Å². The minimum absolute atomic E-state index is 0.145. The van der Waals surface area contributed by atoms with E-state index >= 15 is 0 Å². The van der Waals surface area contributed by atoms with E-state index in [0.29, 0.717) is 12.3 Å². The van der Waals surface area contributed by atoms with Crippen molar-refractivity contribution in [3.05, 3.63) is 58.4 Å². The maximum absolute atomic E-state index is 11.9. The average molecular weight is 354 g/mol. The normalized spacial score (nSPS) is 9.81. The highest BCUT2D eigenvalue weighted by Crippen LogP contribution is 2.17. The Morgan fingerprint density at radius 3 is 2.58 bits per heavy atom. The molecule has 0 aliphatic carbocycles. The molecular formula is C20H22N2O4. The zero-order valence-electron chi connectivity index (χ0n) is 15.1. The van der Waals surface area contributed by atoms with E-state index in [0.717, 1.165) is 22.4 Å². The van der Waals surface area contributed by atoms with Gasteiger partial charge >= 0.3 is 12.1 Å². The fourth-order valence-corrected chi connectivity index (χ4v) is 2.37. The van der Waals surface area contributed by atoms with E-state index < -0.39 is 12.1 Å². The standard InChI is InChI=1S/C20H22N2O4/c1-4-25-19(23)18-14(2)17(15(3)22-18)11-8-12-21-20(24)26-13-16-9-6-5-7-10-16/h5-7,9-10,22H,4,12-13H2,1-3H3,(H,21,24). The smallest absolute Gasteiger partial charge is 0.408 e. The molecule has 1 heterocycles. The molecule has 0 spiro atoms. The van der Waals surface area contributed by atoms with E-state index in [4.69, 9.17) is 9.47 Å². The molecule has 0 radical (unpaired) electrons. The molecule has 6 heteroatoms. The molecule has 0 saturated carbocycles. The van der Waals surface area contributed by atoms with E-state index in [1.807, 2.05) is 37.3 Å². The minimum Gasteiger partial charge on any atom is -0.461 e. The molecule has 0 fully saturated rings. The van der Waals surface area contributed by atoms with Crippen LogP contribution in [0.5, 0.6) is 0 Å². The topological polar surface area (TPSA) is 80.4 Å². The minimum atomic E-state index is -0.530. The van der Waals surface area contributed by atoms with Gasteiger partial charge in [0.2, 0.25) is 0 Å². The van der Waals surface area contributed by atoms with Crippen molar-refractivity contribution >= 4 is 12.1 Å². The summed E-state index contributed by atoms with van der Waals surface area (Å²) in [6.07, 6.45) is -0.530. The van der Waals surface area contributed by atoms with Gasteiger partial charge in [-0.15, -0.1) is 0 Å². The van der Waals surface area contributed by atoms with Crippen molar-refractivity contribution < 1.29 is 19.1 Å². The number of ether oxygens (including phenoxy) is 2. The molecule has 2 aromatic rings. The number of hydrogen-bond acceptors (Lipinski definition) is 4. The zero-order valence-corrected chi connectivity index (χ0v) is 15.1. The lowest BCUT2D eigenvalue weighted by Crippen LogP contribution is -2.24. The molecule has 26 heavy (non-hydrogen) atoms. The van der Waals surface area contributed by atoms with Crippen LogP contribution in [0, 0.1) is 25.7 Å². The van der Waals surface area contributed by atoms with E-state index in [9.17, 15) is 9.59 Å². The molecule has 0 saturated heterocycles. The van der Waals surface area contributed by atoms with E-state index in [-0.39, 0.29) is 13.2 Å². The molecule has 2 rings (SSSR count). The van der Waals surface area contributed by atoms with Crippen LogP contribution < -0.4 is 5.32 Å². The fraction of sp³-hybridized carbons (Fsp3) is 0.300. The Balaban J connectivity index is 1.88. The second kappa shape index (κ2) is 9.33. The molecule has 0 atom stereocenters. The maximum Gasteiger partial charge on any atom is 0.408 e. The number of aryl methyl sites for hydroxylation is 1. The number of alkyl carbamates (subject to hydrolysis) is 1. The molecule has 0 aliphatic rings. The van der Waals surface area contributed by atoms with Crippen LogP contribution in [0.25, 0.3) is 0 Å². The first-order valence-corrected chi connectivity index (χ1v) is 8.32. The van der Waals surface area contributed by atoms with Crippen LogP contribution in [0.15, 0.2) is 30.3 Å². The molecule has 0 unspecified atom stereocenters. The number of amides is 1. The van der Waals surface area contributed by atoms with Crippen LogP contribution in [-0.4, -0.2) is 30.2 Å². The van der Waals surface area contributed by atoms with Gasteiger partial charge < -0.3 is 19.8 Å². The van der Waals surface area contributed by atoms with Crippen LogP contribution >= 0.6 is 0 Å². The van der Waals surface area contributed by atoms with Crippen molar-refractivity contribution in [2.75, 3.05) is 13.2 Å². The van der Waals surface area contributed by atoms with E-state index in [2.05, 4.69) is 22.1 Å². The van der Waals surface area contributed by atoms with Gasteiger partial charge in [0.05, 0.1) is 13.2 Å². The molecule has 1 aromatic carbocycles. The van der Waals surface area contributed by atoms with Crippen molar-refractivity contribution in [3.8, 4) is 11.8 Å². The Hall–Kier alpha value is -3.20. The van der Waals surface area contributed by atoms with Crippen molar-refractivity contribution in [2.45, 2.75) is 27.4 Å². The van der Waals surface area contributed by atoms with Gasteiger partial charge in [0, 0.05) is 11.3 Å². The van der Waals surface area contributed by atoms with Crippen molar-refractivity contribution in [1.29, 1.82) is 0 Å². The summed E-state index contributed by atoms with van der Waals surface area (Å²) in [7, 11) is 0. The van der Waals surface area contributed by atoms with E-state index in [1.165, 1.54) is 0 Å². The summed E-state index contributed by atoms with van der Waals surface area (Å²) in [5, 5.41) is 2.58. The van der Waals surface area contributed by atoms with Crippen molar-refractivity contribution in [2.24, 2.45) is 0 Å². The third-order valence-corrected chi connectivity index (χ3v) is 3.66. The summed E-state index contributed by atoms with van der Waals surface area (Å²) in [6, 6.07) is 9.43. The Labute approximate surface area is 152 Å². The molecule has 2 N–H and O–H groups in total. The Bertz CT molecular complexity index is 829. The van der Waals surface area contributed by atoms with Gasteiger partial charge in [-0.2, -0.15) is 0 Å². The number of nitrogens with one attached hydrogen (secondary N) is 2. The van der Waals surface area contributed by atoms with Gasteiger partial charge in [-0.05, 0) is 31.9 Å². The Morgan fingerprint density at radius 2 is 1.88 bits per heavy atom. The third kappa shape index (κ3) is 5.15. The van der Waals surface area contributed by atoms with E-state index in [1.54, 1.807) is 13.8 Å². The summed E-state index contributed by atoms with van der Waals surface area (Å²) in [5.74, 6) is 5.43. The number of benzene rings is 1. The molecule has 0 bridgehead atoms. The largest absolute Gasteiger partial charge is 0.461 e. The van der Waals surface area contributed by atoms with Crippen LogP contribution in [0.3, 0.4) is 0 Å². The van der Waals surface area contributed by atoms with Gasteiger partial charge in [0.15, 0.2) is 0 Å². The average Bonchev–Trinajstić information content (AvgIpc) is 2.92. The molecular weight excluding hydrogens is 332 g/mol. The Morgan fingerprint density at radius 1 is 1.15 bits per heavy atom. The number of aromatic nitrogens is 1. The molecule has 0 aliphatic heterocycles. The number of esters is 1. The van der Waals surface area contributed by atoms with Gasteiger partial charge in [0.25, 0.3) is 0 Å². The molecule has 1 amide bonds. The number of aromatic amines is 1. The molecule has 1 aromatic heterocycles. The first-order chi connectivity index (χ1) is 12.5.